The Labute approximate surface area is 318 Å². The largest absolute Gasteiger partial charge is 0.495 e. The summed E-state index contributed by atoms with van der Waals surface area (Å²) in [5.41, 5.74) is -0.363. The summed E-state index contributed by atoms with van der Waals surface area (Å²) in [5.74, 6) is -0.867. The Hall–Kier alpha value is -4.98. The summed E-state index contributed by atoms with van der Waals surface area (Å²) < 4.78 is 17.8. The lowest BCUT2D eigenvalue weighted by atomic mass is 9.85. The fourth-order valence-corrected chi connectivity index (χ4v) is 8.21. The van der Waals surface area contributed by atoms with Gasteiger partial charge in [0.25, 0.3) is 0 Å². The molecule has 286 valence electrons. The summed E-state index contributed by atoms with van der Waals surface area (Å²) >= 11 is 6.76. The number of likely N-dealkylation sites (tertiary alicyclic amines) is 1. The van der Waals surface area contributed by atoms with Crippen molar-refractivity contribution >= 4 is 46.4 Å². The van der Waals surface area contributed by atoms with Crippen LogP contribution in [-0.2, 0) is 19.1 Å². The molecule has 3 amide bonds. The Kier molecular flexibility index (Phi) is 9.69. The highest BCUT2D eigenvalue weighted by Gasteiger charge is 2.61. The van der Waals surface area contributed by atoms with Crippen LogP contribution in [0.2, 0.25) is 5.02 Å². The quantitative estimate of drug-likeness (QED) is 0.221. The normalized spacial score (nSPS) is 27.4. The monoisotopic (exact) mass is 760 g/mol. The van der Waals surface area contributed by atoms with Crippen molar-refractivity contribution in [3.8, 4) is 22.9 Å². The van der Waals surface area contributed by atoms with Crippen LogP contribution in [0.3, 0.4) is 0 Å². The van der Waals surface area contributed by atoms with Crippen molar-refractivity contribution in [2.45, 2.75) is 89.6 Å². The van der Waals surface area contributed by atoms with Crippen molar-refractivity contribution in [3.05, 3.63) is 54.0 Å². The van der Waals surface area contributed by atoms with E-state index in [4.69, 9.17) is 30.8 Å². The first-order valence-corrected chi connectivity index (χ1v) is 18.6. The van der Waals surface area contributed by atoms with E-state index in [-0.39, 0.29) is 30.5 Å². The maximum atomic E-state index is 14.6. The van der Waals surface area contributed by atoms with Crippen LogP contribution in [-0.4, -0.2) is 92.3 Å². The Balaban J connectivity index is 1.21. The molecule has 1 saturated heterocycles. The van der Waals surface area contributed by atoms with Gasteiger partial charge in [0.05, 0.1) is 36.8 Å². The molecular formula is C39H45ClN6O8. The number of carbonyl (C=O) groups is 4. The van der Waals surface area contributed by atoms with E-state index in [1.165, 1.54) is 24.5 Å². The number of hydrogen-bond acceptors (Lipinski definition) is 10. The number of aryl methyl sites for hydroxylation is 1. The number of alkyl carbamates (subject to hydrolysis) is 1. The lowest BCUT2D eigenvalue weighted by Crippen LogP contribution is -2.59. The number of fused-ring (bicyclic) bond motifs is 2. The van der Waals surface area contributed by atoms with Gasteiger partial charge in [-0.25, -0.2) is 19.6 Å². The Morgan fingerprint density at radius 1 is 1.06 bits per heavy atom. The van der Waals surface area contributed by atoms with Gasteiger partial charge in [-0.15, -0.1) is 6.58 Å². The number of hydrogen-bond donors (Lipinski definition) is 3. The van der Waals surface area contributed by atoms with Gasteiger partial charge >= 0.3 is 12.1 Å². The first-order valence-electron chi connectivity index (χ1n) is 18.2. The molecule has 15 heteroatoms. The number of pyridine rings is 1. The van der Waals surface area contributed by atoms with Crippen LogP contribution in [0.1, 0.15) is 58.6 Å². The second-order valence-corrected chi connectivity index (χ2v) is 16.4. The maximum Gasteiger partial charge on any atom is 0.408 e. The Morgan fingerprint density at radius 2 is 1.80 bits per heavy atom. The van der Waals surface area contributed by atoms with Crippen molar-refractivity contribution in [2.24, 2.45) is 23.2 Å². The van der Waals surface area contributed by atoms with E-state index >= 15 is 0 Å². The minimum atomic E-state index is -1.53. The van der Waals surface area contributed by atoms with Crippen LogP contribution in [0, 0.1) is 30.1 Å². The average molecular weight is 761 g/mol. The van der Waals surface area contributed by atoms with Crippen LogP contribution < -0.4 is 20.1 Å². The van der Waals surface area contributed by atoms with E-state index in [1.807, 2.05) is 27.7 Å². The van der Waals surface area contributed by atoms with Crippen LogP contribution in [0.4, 0.5) is 4.79 Å². The summed E-state index contributed by atoms with van der Waals surface area (Å²) in [6, 6.07) is 2.94. The minimum Gasteiger partial charge on any atom is -0.495 e. The molecule has 3 aromatic rings. The average Bonchev–Trinajstić information content (AvgIpc) is 3.93. The Bertz CT molecular complexity index is 2030. The van der Waals surface area contributed by atoms with E-state index in [9.17, 15) is 24.3 Å². The number of methoxy groups -OCH3 is 1. The third-order valence-corrected chi connectivity index (χ3v) is 11.5. The molecule has 54 heavy (non-hydrogen) atoms. The number of halogens is 1. The minimum absolute atomic E-state index is 0.0193. The van der Waals surface area contributed by atoms with Crippen LogP contribution >= 0.6 is 11.6 Å². The van der Waals surface area contributed by atoms with Gasteiger partial charge in [0.2, 0.25) is 11.8 Å². The maximum absolute atomic E-state index is 14.6. The van der Waals surface area contributed by atoms with E-state index in [0.29, 0.717) is 51.3 Å². The SMILES string of the molecule is C=C[C@@H]1C[C@]1(NC(=O)[C@@H]1C[C@@H](Oc2cc(-c3cncc(C)n3)nc3c(Cl)c(OC)ccc23)CN1C(=O)[C@@H](NC(=O)O[C@@H]1C[C@@H]2C[C@@H]2C1)C(C)(C)C)C(=O)O. The number of amides is 3. The molecule has 3 N–H and O–H groups in total. The molecular weight excluding hydrogens is 716 g/mol. The molecule has 4 fully saturated rings. The molecule has 14 nitrogen and oxygen atoms in total. The van der Waals surface area contributed by atoms with Gasteiger partial charge in [-0.2, -0.15) is 0 Å². The van der Waals surface area contributed by atoms with E-state index < -0.39 is 58.9 Å². The smallest absolute Gasteiger partial charge is 0.408 e. The highest BCUT2D eigenvalue weighted by Crippen LogP contribution is 2.52. The molecule has 7 rings (SSSR count). The topological polar surface area (TPSA) is 182 Å². The number of nitrogens with one attached hydrogen (secondary N) is 2. The summed E-state index contributed by atoms with van der Waals surface area (Å²) in [5, 5.41) is 16.4. The molecule has 3 aliphatic carbocycles. The second kappa shape index (κ2) is 14.0. The molecule has 0 radical (unpaired) electrons. The van der Waals surface area contributed by atoms with E-state index in [0.717, 1.165) is 12.8 Å². The number of aliphatic carboxylic acids is 1. The highest BCUT2D eigenvalue weighted by molar-refractivity contribution is 6.36. The summed E-state index contributed by atoms with van der Waals surface area (Å²) in [7, 11) is 1.50. The number of carboxylic acid groups (broad SMARTS) is 1. The van der Waals surface area contributed by atoms with Crippen molar-refractivity contribution in [1.82, 2.24) is 30.5 Å². The summed E-state index contributed by atoms with van der Waals surface area (Å²) in [6.45, 7) is 10.9. The molecule has 1 aliphatic heterocycles. The number of nitrogens with zero attached hydrogens (tertiary/aromatic N) is 4. The molecule has 3 heterocycles. The summed E-state index contributed by atoms with van der Waals surface area (Å²) in [4.78, 5) is 69.3. The molecule has 3 saturated carbocycles. The number of ether oxygens (including phenoxy) is 3. The van der Waals surface area contributed by atoms with Crippen LogP contribution in [0.25, 0.3) is 22.3 Å². The number of carboxylic acids is 1. The Morgan fingerprint density at radius 3 is 2.43 bits per heavy atom. The van der Waals surface area contributed by atoms with Crippen molar-refractivity contribution in [1.29, 1.82) is 0 Å². The predicted octanol–water partition coefficient (Wildman–Crippen LogP) is 5.10. The highest BCUT2D eigenvalue weighted by atomic mass is 35.5. The van der Waals surface area contributed by atoms with Crippen LogP contribution in [0.15, 0.2) is 43.2 Å². The van der Waals surface area contributed by atoms with Crippen LogP contribution in [0.5, 0.6) is 11.5 Å². The van der Waals surface area contributed by atoms with Gasteiger partial charge in [-0.3, -0.25) is 14.6 Å². The first kappa shape index (κ1) is 37.3. The van der Waals surface area contributed by atoms with E-state index in [2.05, 4.69) is 27.2 Å². The van der Waals surface area contributed by atoms with Crippen molar-refractivity contribution in [3.63, 3.8) is 0 Å². The number of benzene rings is 1. The molecule has 0 unspecified atom stereocenters. The van der Waals surface area contributed by atoms with Crippen molar-refractivity contribution < 1.29 is 38.5 Å². The standard InChI is InChI=1S/C39H45ClN6O8/c1-7-22-15-39(22,36(49)50)45-34(47)28-13-24(18-46(28)35(48)33(38(3,4)5)44-37(51)54-23-11-20-10-21(20)12-23)53-30-14-26(27-17-41-16-19(2)42-27)43-32-25(30)8-9-29(52-6)31(32)40/h7-9,14,16-17,20-24,28,33H,1,10-13,15,18H2,2-6H3,(H,44,51)(H,45,47)(H,49,50)/t20-,21+,22-,23+,24-,28+,33-,39-/m1/s1. The number of rotatable bonds is 11. The lowest BCUT2D eigenvalue weighted by Gasteiger charge is -2.35. The number of aromatic nitrogens is 3. The van der Waals surface area contributed by atoms with Crippen molar-refractivity contribution in [2.75, 3.05) is 13.7 Å². The van der Waals surface area contributed by atoms with Gasteiger partial charge < -0.3 is 34.9 Å². The molecule has 2 aromatic heterocycles. The van der Waals surface area contributed by atoms with Gasteiger partial charge in [-0.1, -0.05) is 38.4 Å². The third-order valence-electron chi connectivity index (χ3n) is 11.1. The number of carbonyl (C=O) groups excluding carboxylic acids is 3. The molecule has 1 aromatic carbocycles. The zero-order valence-corrected chi connectivity index (χ0v) is 31.7. The zero-order chi connectivity index (χ0) is 38.7. The van der Waals surface area contributed by atoms with Gasteiger partial charge in [-0.05, 0) is 62.0 Å². The molecule has 4 aliphatic rings. The third kappa shape index (κ3) is 7.15. The molecule has 0 bridgehead atoms. The van der Waals surface area contributed by atoms with Gasteiger partial charge in [0.1, 0.15) is 52.0 Å². The summed E-state index contributed by atoms with van der Waals surface area (Å²) in [6.07, 6.45) is 6.05. The fourth-order valence-electron chi connectivity index (χ4n) is 7.93. The second-order valence-electron chi connectivity index (χ2n) is 16.0. The molecule has 8 atom stereocenters. The molecule has 0 spiro atoms. The fraction of sp³-hybridized carbons (Fsp3) is 0.513. The van der Waals surface area contributed by atoms with Gasteiger partial charge in [0, 0.05) is 30.0 Å². The van der Waals surface area contributed by atoms with Gasteiger partial charge in [0.15, 0.2) is 0 Å². The first-order chi connectivity index (χ1) is 25.6. The lowest BCUT2D eigenvalue weighted by molar-refractivity contribution is -0.146. The zero-order valence-electron chi connectivity index (χ0n) is 30.9. The van der Waals surface area contributed by atoms with E-state index in [1.54, 1.807) is 30.6 Å². The predicted molar refractivity (Wildman–Crippen MR) is 198 cm³/mol.